The van der Waals surface area contributed by atoms with Gasteiger partial charge in [0.1, 0.15) is 5.75 Å². The van der Waals surface area contributed by atoms with E-state index < -0.39 is 17.6 Å². The molecule has 0 bridgehead atoms. The maximum absolute atomic E-state index is 14.2. The number of fused-ring (bicyclic) bond motifs is 1. The molecule has 2 fully saturated rings. The summed E-state index contributed by atoms with van der Waals surface area (Å²) in [6.45, 7) is 1.01. The van der Waals surface area contributed by atoms with Crippen LogP contribution in [-0.2, 0) is 4.79 Å². The van der Waals surface area contributed by atoms with Gasteiger partial charge in [-0.15, -0.1) is 5.10 Å². The Morgan fingerprint density at radius 3 is 2.86 bits per heavy atom. The molecule has 0 radical (unpaired) electrons. The van der Waals surface area contributed by atoms with Crippen molar-refractivity contribution >= 4 is 17.2 Å². The number of halogens is 1. The highest BCUT2D eigenvalue weighted by Gasteiger charge is 2.35. The van der Waals surface area contributed by atoms with Crippen molar-refractivity contribution in [2.75, 3.05) is 18.1 Å². The number of hydrogen-bond acceptors (Lipinski definition) is 6. The number of nitrogens with zero attached hydrogens (tertiary/aromatic N) is 4. The number of carbonyl (C=O) groups excluding carboxylic acids is 1. The SMILES string of the molecule is O=C1C(Oc2ccc(OCC3CC3)nc2)CCN1c1cc(F)c2n[nH]c(=O)n2c1. The van der Waals surface area contributed by atoms with Crippen molar-refractivity contribution in [3.05, 3.63) is 46.9 Å². The number of aromatic amines is 1. The molecule has 1 atom stereocenters. The zero-order valence-corrected chi connectivity index (χ0v) is 15.4. The van der Waals surface area contributed by atoms with Crippen molar-refractivity contribution in [2.45, 2.75) is 25.4 Å². The summed E-state index contributed by atoms with van der Waals surface area (Å²) in [6, 6.07) is 4.61. The van der Waals surface area contributed by atoms with Crippen LogP contribution in [0.25, 0.3) is 5.65 Å². The smallest absolute Gasteiger partial charge is 0.347 e. The van der Waals surface area contributed by atoms with Crippen LogP contribution in [0.15, 0.2) is 35.4 Å². The number of anilines is 1. The van der Waals surface area contributed by atoms with Crippen molar-refractivity contribution in [3.63, 3.8) is 0 Å². The molecule has 9 nitrogen and oxygen atoms in total. The van der Waals surface area contributed by atoms with Crippen molar-refractivity contribution in [2.24, 2.45) is 5.92 Å². The molecule has 150 valence electrons. The van der Waals surface area contributed by atoms with Gasteiger partial charge in [-0.25, -0.2) is 23.7 Å². The molecular weight excluding hydrogens is 381 g/mol. The fraction of sp³-hybridized carbons (Fsp3) is 0.368. The zero-order chi connectivity index (χ0) is 20.0. The largest absolute Gasteiger partial charge is 0.479 e. The van der Waals surface area contributed by atoms with E-state index in [2.05, 4.69) is 15.2 Å². The Hall–Kier alpha value is -3.43. The summed E-state index contributed by atoms with van der Waals surface area (Å²) in [7, 11) is 0. The standard InChI is InChI=1S/C19H18FN5O4/c20-14-7-12(9-25-17(14)22-23-19(25)27)24-6-5-15(18(24)26)29-13-3-4-16(21-8-13)28-10-11-1-2-11/h3-4,7-9,11,15H,1-2,5-6,10H2,(H,23,27). The number of amides is 1. The number of nitrogens with one attached hydrogen (secondary N) is 1. The number of hydrogen-bond donors (Lipinski definition) is 1. The van der Waals surface area contributed by atoms with Crippen LogP contribution in [0, 0.1) is 11.7 Å². The van der Waals surface area contributed by atoms with Crippen LogP contribution in [0.4, 0.5) is 10.1 Å². The third-order valence-corrected chi connectivity index (χ3v) is 5.07. The van der Waals surface area contributed by atoms with Gasteiger partial charge in [-0.2, -0.15) is 0 Å². The van der Waals surface area contributed by atoms with E-state index in [1.54, 1.807) is 12.1 Å². The van der Waals surface area contributed by atoms with Crippen LogP contribution >= 0.6 is 0 Å². The van der Waals surface area contributed by atoms with Gasteiger partial charge in [-0.3, -0.25) is 4.79 Å². The molecule has 2 aliphatic rings. The van der Waals surface area contributed by atoms with E-state index in [-0.39, 0.29) is 17.2 Å². The van der Waals surface area contributed by atoms with Gasteiger partial charge in [-0.1, -0.05) is 0 Å². The molecule has 3 aromatic rings. The normalized spacial score (nSPS) is 19.1. The van der Waals surface area contributed by atoms with Crippen LogP contribution in [0.5, 0.6) is 11.6 Å². The molecule has 4 heterocycles. The first-order valence-corrected chi connectivity index (χ1v) is 9.41. The number of pyridine rings is 2. The highest BCUT2D eigenvalue weighted by atomic mass is 19.1. The second-order valence-electron chi connectivity index (χ2n) is 7.24. The van der Waals surface area contributed by atoms with Crippen molar-refractivity contribution < 1.29 is 18.7 Å². The van der Waals surface area contributed by atoms with Crippen LogP contribution < -0.4 is 20.1 Å². The topological polar surface area (TPSA) is 102 Å². The third kappa shape index (κ3) is 3.41. The number of rotatable bonds is 6. The molecule has 0 aromatic carbocycles. The summed E-state index contributed by atoms with van der Waals surface area (Å²) in [5.74, 6) is 0.616. The van der Waals surface area contributed by atoms with Crippen LogP contribution in [0.3, 0.4) is 0 Å². The lowest BCUT2D eigenvalue weighted by Crippen LogP contribution is -2.32. The lowest BCUT2D eigenvalue weighted by Gasteiger charge is -2.17. The van der Waals surface area contributed by atoms with E-state index in [0.29, 0.717) is 37.1 Å². The fourth-order valence-electron chi connectivity index (χ4n) is 3.30. The van der Waals surface area contributed by atoms with Crippen LogP contribution in [-0.4, -0.2) is 44.7 Å². The first-order valence-electron chi connectivity index (χ1n) is 9.41. The van der Waals surface area contributed by atoms with Gasteiger partial charge >= 0.3 is 5.69 Å². The van der Waals surface area contributed by atoms with E-state index in [9.17, 15) is 14.0 Å². The number of carbonyl (C=O) groups is 1. The Labute approximate surface area is 164 Å². The highest BCUT2D eigenvalue weighted by molar-refractivity contribution is 5.99. The van der Waals surface area contributed by atoms with E-state index >= 15 is 0 Å². The van der Waals surface area contributed by atoms with E-state index in [0.717, 1.165) is 4.40 Å². The highest BCUT2D eigenvalue weighted by Crippen LogP contribution is 2.30. The number of ether oxygens (including phenoxy) is 2. The Morgan fingerprint density at radius 1 is 1.24 bits per heavy atom. The molecule has 29 heavy (non-hydrogen) atoms. The van der Waals surface area contributed by atoms with E-state index in [1.807, 2.05) is 0 Å². The Kier molecular flexibility index (Phi) is 4.18. The minimum Gasteiger partial charge on any atom is -0.479 e. The second kappa shape index (κ2) is 6.87. The third-order valence-electron chi connectivity index (χ3n) is 5.07. The first kappa shape index (κ1) is 17.7. The van der Waals surface area contributed by atoms with Gasteiger partial charge in [0, 0.05) is 31.3 Å². The Balaban J connectivity index is 1.28. The second-order valence-corrected chi connectivity index (χ2v) is 7.24. The lowest BCUT2D eigenvalue weighted by molar-refractivity contribution is -0.122. The quantitative estimate of drug-likeness (QED) is 0.675. The van der Waals surface area contributed by atoms with E-state index in [4.69, 9.17) is 9.47 Å². The van der Waals surface area contributed by atoms with Gasteiger partial charge in [0.05, 0.1) is 18.5 Å². The van der Waals surface area contributed by atoms with E-state index in [1.165, 1.54) is 36.2 Å². The van der Waals surface area contributed by atoms with Gasteiger partial charge in [0.15, 0.2) is 17.6 Å². The summed E-state index contributed by atoms with van der Waals surface area (Å²) >= 11 is 0. The molecule has 1 amide bonds. The number of aromatic nitrogens is 4. The minimum absolute atomic E-state index is 0.117. The molecule has 1 saturated carbocycles. The minimum atomic E-state index is -0.713. The van der Waals surface area contributed by atoms with Gasteiger partial charge in [0.2, 0.25) is 5.88 Å². The molecule has 1 unspecified atom stereocenters. The van der Waals surface area contributed by atoms with Crippen molar-refractivity contribution in [1.82, 2.24) is 19.6 Å². The maximum atomic E-state index is 14.2. The molecule has 1 aliphatic heterocycles. The van der Waals surface area contributed by atoms with Crippen molar-refractivity contribution in [1.29, 1.82) is 0 Å². The fourth-order valence-corrected chi connectivity index (χ4v) is 3.30. The Bertz CT molecular complexity index is 1120. The zero-order valence-electron chi connectivity index (χ0n) is 15.4. The summed E-state index contributed by atoms with van der Waals surface area (Å²) in [4.78, 5) is 30.1. The molecule has 1 N–H and O–H groups in total. The molecule has 3 aromatic heterocycles. The van der Waals surface area contributed by atoms with Crippen LogP contribution in [0.1, 0.15) is 19.3 Å². The maximum Gasteiger partial charge on any atom is 0.347 e. The molecule has 5 rings (SSSR count). The van der Waals surface area contributed by atoms with Crippen LogP contribution in [0.2, 0.25) is 0 Å². The predicted octanol–water partition coefficient (Wildman–Crippen LogP) is 1.53. The summed E-state index contributed by atoms with van der Waals surface area (Å²) in [5.41, 5.74) is -0.417. The summed E-state index contributed by atoms with van der Waals surface area (Å²) in [5, 5.41) is 5.80. The monoisotopic (exact) mass is 399 g/mol. The first-order chi connectivity index (χ1) is 14.1. The van der Waals surface area contributed by atoms with Crippen molar-refractivity contribution in [3.8, 4) is 11.6 Å². The average molecular weight is 399 g/mol. The summed E-state index contributed by atoms with van der Waals surface area (Å²) < 4.78 is 26.6. The molecule has 1 saturated heterocycles. The van der Waals surface area contributed by atoms with Gasteiger partial charge in [-0.05, 0) is 24.8 Å². The lowest BCUT2D eigenvalue weighted by atomic mass is 10.3. The molecule has 0 spiro atoms. The summed E-state index contributed by atoms with van der Waals surface area (Å²) in [6.07, 6.45) is 5.03. The average Bonchev–Trinajstić information content (AvgIpc) is 3.38. The molecule has 10 heteroatoms. The van der Waals surface area contributed by atoms with Gasteiger partial charge in [0.25, 0.3) is 5.91 Å². The Morgan fingerprint density at radius 2 is 2.10 bits per heavy atom. The number of H-pyrrole nitrogens is 1. The molecule has 1 aliphatic carbocycles. The predicted molar refractivity (Wildman–Crippen MR) is 99.6 cm³/mol. The van der Waals surface area contributed by atoms with Gasteiger partial charge < -0.3 is 14.4 Å². The molecular formula is C19H18FN5O4.